The van der Waals surface area contributed by atoms with Crippen LogP contribution in [0.3, 0.4) is 0 Å². The summed E-state index contributed by atoms with van der Waals surface area (Å²) in [5.74, 6) is 5.55. The van der Waals surface area contributed by atoms with Crippen molar-refractivity contribution in [1.82, 2.24) is 15.4 Å². The molecule has 0 aromatic carbocycles. The Balaban J connectivity index is 2.33. The first-order valence-electron chi connectivity index (χ1n) is 4.79. The van der Waals surface area contributed by atoms with E-state index in [-0.39, 0.29) is 6.04 Å². The van der Waals surface area contributed by atoms with Gasteiger partial charge in [-0.2, -0.15) is 0 Å². The number of hydrazine groups is 1. The maximum absolute atomic E-state index is 5.55. The first kappa shape index (κ1) is 11.2. The van der Waals surface area contributed by atoms with Crippen LogP contribution in [0.15, 0.2) is 47.3 Å². The van der Waals surface area contributed by atoms with E-state index in [0.29, 0.717) is 0 Å². The van der Waals surface area contributed by atoms with Crippen LogP contribution in [0, 0.1) is 0 Å². The topological polar surface area (TPSA) is 63.8 Å². The largest absolute Gasteiger partial charge is 0.271 e. The monoisotopic (exact) mass is 278 g/mol. The van der Waals surface area contributed by atoms with Crippen molar-refractivity contribution < 1.29 is 0 Å². The Kier molecular flexibility index (Phi) is 3.61. The molecule has 0 saturated heterocycles. The normalized spacial score (nSPS) is 12.4. The number of hydrogen-bond donors (Lipinski definition) is 2. The van der Waals surface area contributed by atoms with Gasteiger partial charge in [-0.05, 0) is 39.7 Å². The van der Waals surface area contributed by atoms with Crippen LogP contribution in [0.25, 0.3) is 0 Å². The maximum atomic E-state index is 5.55. The minimum atomic E-state index is -0.137. The first-order valence-corrected chi connectivity index (χ1v) is 5.58. The van der Waals surface area contributed by atoms with Gasteiger partial charge in [0.25, 0.3) is 0 Å². The first-order chi connectivity index (χ1) is 7.81. The lowest BCUT2D eigenvalue weighted by Crippen LogP contribution is -2.29. The predicted molar refractivity (Wildman–Crippen MR) is 65.3 cm³/mol. The van der Waals surface area contributed by atoms with Gasteiger partial charge in [0.15, 0.2) is 0 Å². The van der Waals surface area contributed by atoms with E-state index < -0.39 is 0 Å². The highest BCUT2D eigenvalue weighted by molar-refractivity contribution is 9.10. The number of hydrogen-bond acceptors (Lipinski definition) is 4. The summed E-state index contributed by atoms with van der Waals surface area (Å²) in [5, 5.41) is 0. The van der Waals surface area contributed by atoms with E-state index in [1.165, 1.54) is 0 Å². The Morgan fingerprint density at radius 1 is 1.25 bits per heavy atom. The molecule has 4 nitrogen and oxygen atoms in total. The summed E-state index contributed by atoms with van der Waals surface area (Å²) < 4.78 is 0.943. The van der Waals surface area contributed by atoms with Crippen molar-refractivity contribution in [1.29, 1.82) is 0 Å². The predicted octanol–water partition coefficient (Wildman–Crippen LogP) is 1.79. The van der Waals surface area contributed by atoms with Crippen LogP contribution in [-0.2, 0) is 0 Å². The quantitative estimate of drug-likeness (QED) is 0.664. The summed E-state index contributed by atoms with van der Waals surface area (Å²) >= 11 is 3.35. The van der Waals surface area contributed by atoms with E-state index in [4.69, 9.17) is 5.84 Å². The van der Waals surface area contributed by atoms with Gasteiger partial charge in [-0.1, -0.05) is 6.07 Å². The average molecular weight is 279 g/mol. The highest BCUT2D eigenvalue weighted by Gasteiger charge is 2.13. The summed E-state index contributed by atoms with van der Waals surface area (Å²) in [6.07, 6.45) is 5.25. The molecule has 2 aromatic rings. The second kappa shape index (κ2) is 5.16. The molecule has 0 bridgehead atoms. The Morgan fingerprint density at radius 2 is 2.12 bits per heavy atom. The number of aromatic nitrogens is 2. The molecule has 0 aliphatic carbocycles. The van der Waals surface area contributed by atoms with Gasteiger partial charge >= 0.3 is 0 Å². The number of nitrogens with two attached hydrogens (primary N) is 1. The van der Waals surface area contributed by atoms with Gasteiger partial charge in [-0.3, -0.25) is 15.8 Å². The molecule has 1 unspecified atom stereocenters. The Hall–Kier alpha value is -1.30. The molecule has 0 spiro atoms. The number of pyridine rings is 2. The van der Waals surface area contributed by atoms with E-state index in [9.17, 15) is 0 Å². The van der Waals surface area contributed by atoms with Crippen molar-refractivity contribution in [3.05, 3.63) is 58.6 Å². The molecule has 0 aliphatic heterocycles. The second-order valence-electron chi connectivity index (χ2n) is 3.29. The SMILES string of the molecule is NNC(c1cccnc1)c1ccc(Br)cn1. The molecule has 0 saturated carbocycles. The maximum Gasteiger partial charge on any atom is 0.0896 e. The van der Waals surface area contributed by atoms with Crippen LogP contribution in [-0.4, -0.2) is 9.97 Å². The zero-order chi connectivity index (χ0) is 11.4. The molecule has 3 N–H and O–H groups in total. The van der Waals surface area contributed by atoms with Gasteiger partial charge in [-0.25, -0.2) is 5.43 Å². The smallest absolute Gasteiger partial charge is 0.0896 e. The number of halogens is 1. The van der Waals surface area contributed by atoms with Crippen LogP contribution < -0.4 is 11.3 Å². The van der Waals surface area contributed by atoms with Crippen molar-refractivity contribution in [2.45, 2.75) is 6.04 Å². The number of nitrogens with one attached hydrogen (secondary N) is 1. The summed E-state index contributed by atoms with van der Waals surface area (Å²) in [6.45, 7) is 0. The molecule has 0 amide bonds. The second-order valence-corrected chi connectivity index (χ2v) is 4.20. The van der Waals surface area contributed by atoms with Crippen LogP contribution in [0.5, 0.6) is 0 Å². The highest BCUT2D eigenvalue weighted by Crippen LogP contribution is 2.19. The average Bonchev–Trinajstić information content (AvgIpc) is 2.34. The molecule has 0 fully saturated rings. The van der Waals surface area contributed by atoms with Crippen molar-refractivity contribution in [3.8, 4) is 0 Å². The third-order valence-electron chi connectivity index (χ3n) is 2.23. The molecular formula is C11H11BrN4. The van der Waals surface area contributed by atoms with Crippen molar-refractivity contribution in [2.75, 3.05) is 0 Å². The Bertz CT molecular complexity index is 443. The zero-order valence-electron chi connectivity index (χ0n) is 8.47. The third kappa shape index (κ3) is 2.44. The molecule has 2 rings (SSSR count). The summed E-state index contributed by atoms with van der Waals surface area (Å²) in [4.78, 5) is 8.37. The lowest BCUT2D eigenvalue weighted by atomic mass is 10.1. The zero-order valence-corrected chi connectivity index (χ0v) is 10.1. The minimum absolute atomic E-state index is 0.137. The summed E-state index contributed by atoms with van der Waals surface area (Å²) in [5.41, 5.74) is 4.58. The van der Waals surface area contributed by atoms with Gasteiger partial charge in [0.2, 0.25) is 0 Å². The van der Waals surface area contributed by atoms with Crippen LogP contribution >= 0.6 is 15.9 Å². The number of nitrogens with zero attached hydrogens (tertiary/aromatic N) is 2. The lowest BCUT2D eigenvalue weighted by Gasteiger charge is -2.15. The van der Waals surface area contributed by atoms with Gasteiger partial charge in [0.1, 0.15) is 0 Å². The standard InChI is InChI=1S/C11H11BrN4/c12-9-3-4-10(15-7-9)11(16-13)8-2-1-5-14-6-8/h1-7,11,16H,13H2. The van der Waals surface area contributed by atoms with Gasteiger partial charge < -0.3 is 0 Å². The molecule has 2 heterocycles. The van der Waals surface area contributed by atoms with E-state index in [2.05, 4.69) is 31.3 Å². The van der Waals surface area contributed by atoms with E-state index >= 15 is 0 Å². The van der Waals surface area contributed by atoms with Crippen molar-refractivity contribution in [2.24, 2.45) is 5.84 Å². The van der Waals surface area contributed by atoms with E-state index in [1.54, 1.807) is 18.6 Å². The molecule has 82 valence electrons. The molecule has 1 atom stereocenters. The van der Waals surface area contributed by atoms with Crippen molar-refractivity contribution in [3.63, 3.8) is 0 Å². The fourth-order valence-corrected chi connectivity index (χ4v) is 1.69. The summed E-state index contributed by atoms with van der Waals surface area (Å²) in [7, 11) is 0. The third-order valence-corrected chi connectivity index (χ3v) is 2.70. The van der Waals surface area contributed by atoms with Gasteiger partial charge in [-0.15, -0.1) is 0 Å². The van der Waals surface area contributed by atoms with Crippen LogP contribution in [0.4, 0.5) is 0 Å². The molecule has 0 aliphatic rings. The number of rotatable bonds is 3. The fraction of sp³-hybridized carbons (Fsp3) is 0.0909. The van der Waals surface area contributed by atoms with Gasteiger partial charge in [0.05, 0.1) is 11.7 Å². The summed E-state index contributed by atoms with van der Waals surface area (Å²) in [6, 6.07) is 7.55. The van der Waals surface area contributed by atoms with E-state index in [1.807, 2.05) is 24.3 Å². The molecule has 2 aromatic heterocycles. The molecular weight excluding hydrogens is 268 g/mol. The highest BCUT2D eigenvalue weighted by atomic mass is 79.9. The fourth-order valence-electron chi connectivity index (χ4n) is 1.46. The van der Waals surface area contributed by atoms with Crippen LogP contribution in [0.2, 0.25) is 0 Å². The van der Waals surface area contributed by atoms with Crippen molar-refractivity contribution >= 4 is 15.9 Å². The van der Waals surface area contributed by atoms with Crippen LogP contribution in [0.1, 0.15) is 17.3 Å². The molecule has 0 radical (unpaired) electrons. The lowest BCUT2D eigenvalue weighted by molar-refractivity contribution is 0.618. The van der Waals surface area contributed by atoms with Gasteiger partial charge in [0, 0.05) is 23.1 Å². The minimum Gasteiger partial charge on any atom is -0.271 e. The van der Waals surface area contributed by atoms with E-state index in [0.717, 1.165) is 15.7 Å². The molecule has 16 heavy (non-hydrogen) atoms. The Morgan fingerprint density at radius 3 is 2.69 bits per heavy atom. The Labute approximate surface area is 102 Å². The molecule has 5 heteroatoms.